The summed E-state index contributed by atoms with van der Waals surface area (Å²) in [6.07, 6.45) is 4.99. The predicted octanol–water partition coefficient (Wildman–Crippen LogP) is 2.98. The third-order valence-electron chi connectivity index (χ3n) is 3.37. The van der Waals surface area contributed by atoms with Crippen LogP contribution in [0.25, 0.3) is 5.57 Å². The standard InChI is InChI=1S/C15H16O3/c16-13-5-2-11(3-6-13)12-4-7-14-15(10-12)18-9-1-8-17-14/h2,4,7,10H,1,3,5-6,8-9H2. The summed E-state index contributed by atoms with van der Waals surface area (Å²) in [6.45, 7) is 1.41. The highest BCUT2D eigenvalue weighted by atomic mass is 16.5. The van der Waals surface area contributed by atoms with Gasteiger partial charge in [-0.2, -0.15) is 0 Å². The van der Waals surface area contributed by atoms with E-state index in [0.29, 0.717) is 31.8 Å². The fraction of sp³-hybridized carbons (Fsp3) is 0.400. The Hall–Kier alpha value is -1.77. The molecular weight excluding hydrogens is 228 g/mol. The molecule has 0 N–H and O–H groups in total. The Balaban J connectivity index is 1.89. The van der Waals surface area contributed by atoms with E-state index in [1.807, 2.05) is 18.2 Å². The van der Waals surface area contributed by atoms with Crippen molar-refractivity contribution in [3.05, 3.63) is 29.8 Å². The van der Waals surface area contributed by atoms with Crippen molar-refractivity contribution in [1.82, 2.24) is 0 Å². The summed E-state index contributed by atoms with van der Waals surface area (Å²) in [5, 5.41) is 0. The van der Waals surface area contributed by atoms with Crippen LogP contribution in [0.5, 0.6) is 11.5 Å². The highest BCUT2D eigenvalue weighted by Crippen LogP contribution is 2.34. The molecule has 0 saturated heterocycles. The van der Waals surface area contributed by atoms with Gasteiger partial charge in [0.2, 0.25) is 0 Å². The fourth-order valence-electron chi connectivity index (χ4n) is 2.34. The SMILES string of the molecule is O=C1CC=C(c2ccc3c(c2)OCCCO3)CC1. The molecule has 0 amide bonds. The Morgan fingerprint density at radius 1 is 1.00 bits per heavy atom. The summed E-state index contributed by atoms with van der Waals surface area (Å²) in [5.41, 5.74) is 2.39. The van der Waals surface area contributed by atoms with Crippen LogP contribution in [-0.2, 0) is 4.79 Å². The average molecular weight is 244 g/mol. The zero-order valence-corrected chi connectivity index (χ0v) is 10.3. The van der Waals surface area contributed by atoms with Crippen molar-refractivity contribution in [2.75, 3.05) is 13.2 Å². The Morgan fingerprint density at radius 2 is 1.83 bits per heavy atom. The van der Waals surface area contributed by atoms with E-state index in [4.69, 9.17) is 9.47 Å². The van der Waals surface area contributed by atoms with Crippen molar-refractivity contribution in [2.24, 2.45) is 0 Å². The summed E-state index contributed by atoms with van der Waals surface area (Å²) >= 11 is 0. The lowest BCUT2D eigenvalue weighted by Crippen LogP contribution is -2.03. The largest absolute Gasteiger partial charge is 0.490 e. The molecule has 0 fully saturated rings. The maximum Gasteiger partial charge on any atom is 0.161 e. The maximum absolute atomic E-state index is 11.2. The van der Waals surface area contributed by atoms with Crippen LogP contribution in [-0.4, -0.2) is 19.0 Å². The van der Waals surface area contributed by atoms with Crippen LogP contribution in [0.15, 0.2) is 24.3 Å². The van der Waals surface area contributed by atoms with E-state index >= 15 is 0 Å². The second-order valence-corrected chi connectivity index (χ2v) is 4.68. The molecule has 2 aliphatic rings. The molecule has 1 aliphatic carbocycles. The number of carbonyl (C=O) groups is 1. The number of fused-ring (bicyclic) bond motifs is 1. The maximum atomic E-state index is 11.2. The van der Waals surface area contributed by atoms with E-state index in [-0.39, 0.29) is 0 Å². The van der Waals surface area contributed by atoms with Crippen LogP contribution < -0.4 is 9.47 Å². The molecule has 94 valence electrons. The normalized spacial score (nSPS) is 19.1. The van der Waals surface area contributed by atoms with Crippen molar-refractivity contribution in [3.8, 4) is 11.5 Å². The van der Waals surface area contributed by atoms with Crippen molar-refractivity contribution < 1.29 is 14.3 Å². The molecule has 18 heavy (non-hydrogen) atoms. The van der Waals surface area contributed by atoms with Gasteiger partial charge in [-0.05, 0) is 29.7 Å². The van der Waals surface area contributed by atoms with Crippen LogP contribution in [0.2, 0.25) is 0 Å². The van der Waals surface area contributed by atoms with E-state index < -0.39 is 0 Å². The Bertz CT molecular complexity index is 502. The third kappa shape index (κ3) is 2.26. The highest BCUT2D eigenvalue weighted by Gasteiger charge is 2.15. The van der Waals surface area contributed by atoms with Crippen molar-refractivity contribution in [3.63, 3.8) is 0 Å². The first kappa shape index (κ1) is 11.3. The van der Waals surface area contributed by atoms with E-state index in [1.165, 1.54) is 5.57 Å². The van der Waals surface area contributed by atoms with Gasteiger partial charge in [-0.1, -0.05) is 12.1 Å². The van der Waals surface area contributed by atoms with Gasteiger partial charge < -0.3 is 9.47 Å². The van der Waals surface area contributed by atoms with Crippen LogP contribution in [0.4, 0.5) is 0 Å². The molecule has 3 rings (SSSR count). The Labute approximate surface area is 106 Å². The van der Waals surface area contributed by atoms with Crippen molar-refractivity contribution in [2.45, 2.75) is 25.7 Å². The quantitative estimate of drug-likeness (QED) is 0.761. The summed E-state index contributed by atoms with van der Waals surface area (Å²) in [4.78, 5) is 11.2. The lowest BCUT2D eigenvalue weighted by Gasteiger charge is -2.14. The van der Waals surface area contributed by atoms with Crippen molar-refractivity contribution >= 4 is 11.4 Å². The van der Waals surface area contributed by atoms with E-state index in [0.717, 1.165) is 29.9 Å². The summed E-state index contributed by atoms with van der Waals surface area (Å²) in [6, 6.07) is 6.05. The topological polar surface area (TPSA) is 35.5 Å². The van der Waals surface area contributed by atoms with Gasteiger partial charge in [0.1, 0.15) is 5.78 Å². The third-order valence-corrected chi connectivity index (χ3v) is 3.37. The minimum absolute atomic E-state index is 0.327. The molecule has 1 heterocycles. The molecule has 0 spiro atoms. The molecular formula is C15H16O3. The average Bonchev–Trinajstić information content (AvgIpc) is 2.64. The van der Waals surface area contributed by atoms with Gasteiger partial charge in [-0.3, -0.25) is 4.79 Å². The number of hydrogen-bond donors (Lipinski definition) is 0. The van der Waals surface area contributed by atoms with Gasteiger partial charge in [0, 0.05) is 19.3 Å². The predicted molar refractivity (Wildman–Crippen MR) is 68.9 cm³/mol. The number of Topliss-reactive ketones (excluding diaryl/α,β-unsaturated/α-hetero) is 1. The number of ketones is 1. The first-order chi connectivity index (χ1) is 8.83. The Morgan fingerprint density at radius 3 is 2.61 bits per heavy atom. The molecule has 0 radical (unpaired) electrons. The second kappa shape index (κ2) is 4.84. The van der Waals surface area contributed by atoms with E-state index in [1.54, 1.807) is 0 Å². The van der Waals surface area contributed by atoms with Crippen molar-refractivity contribution in [1.29, 1.82) is 0 Å². The monoisotopic (exact) mass is 244 g/mol. The van der Waals surface area contributed by atoms with Gasteiger partial charge in [0.05, 0.1) is 13.2 Å². The number of benzene rings is 1. The molecule has 0 aromatic heterocycles. The number of ether oxygens (including phenoxy) is 2. The number of rotatable bonds is 1. The molecule has 0 atom stereocenters. The summed E-state index contributed by atoms with van der Waals surface area (Å²) in [7, 11) is 0. The molecule has 0 saturated carbocycles. The van der Waals surface area contributed by atoms with E-state index in [2.05, 4.69) is 6.07 Å². The van der Waals surface area contributed by atoms with Gasteiger partial charge in [0.25, 0.3) is 0 Å². The number of allylic oxidation sites excluding steroid dienone is 2. The van der Waals surface area contributed by atoms with Crippen LogP contribution in [0.1, 0.15) is 31.2 Å². The van der Waals surface area contributed by atoms with Crippen LogP contribution in [0.3, 0.4) is 0 Å². The van der Waals surface area contributed by atoms with Gasteiger partial charge in [-0.25, -0.2) is 0 Å². The van der Waals surface area contributed by atoms with Crippen LogP contribution in [0, 0.1) is 0 Å². The van der Waals surface area contributed by atoms with Gasteiger partial charge in [-0.15, -0.1) is 0 Å². The van der Waals surface area contributed by atoms with Crippen LogP contribution >= 0.6 is 0 Å². The molecule has 0 bridgehead atoms. The molecule has 1 aromatic carbocycles. The fourth-order valence-corrected chi connectivity index (χ4v) is 2.34. The van der Waals surface area contributed by atoms with Gasteiger partial charge in [0.15, 0.2) is 11.5 Å². The summed E-state index contributed by atoms with van der Waals surface area (Å²) in [5.74, 6) is 1.97. The number of carbonyl (C=O) groups excluding carboxylic acids is 1. The molecule has 1 aliphatic heterocycles. The number of hydrogen-bond acceptors (Lipinski definition) is 3. The smallest absolute Gasteiger partial charge is 0.161 e. The lowest BCUT2D eigenvalue weighted by atomic mass is 9.93. The Kier molecular flexibility index (Phi) is 3.05. The zero-order valence-electron chi connectivity index (χ0n) is 10.3. The lowest BCUT2D eigenvalue weighted by molar-refractivity contribution is -0.118. The first-order valence-corrected chi connectivity index (χ1v) is 6.44. The first-order valence-electron chi connectivity index (χ1n) is 6.44. The van der Waals surface area contributed by atoms with Gasteiger partial charge >= 0.3 is 0 Å². The zero-order chi connectivity index (χ0) is 12.4. The molecule has 3 nitrogen and oxygen atoms in total. The molecule has 3 heteroatoms. The van der Waals surface area contributed by atoms with E-state index in [9.17, 15) is 4.79 Å². The highest BCUT2D eigenvalue weighted by molar-refractivity contribution is 5.87. The molecule has 0 unspecified atom stereocenters. The second-order valence-electron chi connectivity index (χ2n) is 4.68. The molecule has 1 aromatic rings. The summed E-state index contributed by atoms with van der Waals surface area (Å²) < 4.78 is 11.3. The minimum Gasteiger partial charge on any atom is -0.490 e. The minimum atomic E-state index is 0.327.